The number of aryl methyl sites for hydroxylation is 1. The van der Waals surface area contributed by atoms with Crippen LogP contribution in [0.3, 0.4) is 0 Å². The van der Waals surface area contributed by atoms with E-state index < -0.39 is 0 Å². The SMILES string of the molecule is CCC[C@H](C)NC(=O)Cn1c(-c2cccc(C)c2)n[nH]c1=S. The van der Waals surface area contributed by atoms with Gasteiger partial charge >= 0.3 is 0 Å². The van der Waals surface area contributed by atoms with Crippen molar-refractivity contribution in [1.29, 1.82) is 0 Å². The first-order valence-electron chi connectivity index (χ1n) is 7.53. The van der Waals surface area contributed by atoms with Crippen LogP contribution in [0.2, 0.25) is 0 Å². The Hall–Kier alpha value is -1.95. The van der Waals surface area contributed by atoms with E-state index in [1.165, 1.54) is 0 Å². The number of carbonyl (C=O) groups excluding carboxylic acids is 1. The molecule has 0 saturated heterocycles. The first kappa shape index (κ1) is 16.4. The molecule has 22 heavy (non-hydrogen) atoms. The second-order valence-corrected chi connectivity index (χ2v) is 5.95. The topological polar surface area (TPSA) is 62.7 Å². The summed E-state index contributed by atoms with van der Waals surface area (Å²) < 4.78 is 2.19. The molecule has 2 rings (SSSR count). The molecule has 1 amide bonds. The number of hydrogen-bond acceptors (Lipinski definition) is 3. The maximum atomic E-state index is 12.2. The van der Waals surface area contributed by atoms with E-state index in [1.54, 1.807) is 4.57 Å². The van der Waals surface area contributed by atoms with Crippen LogP contribution in [0.1, 0.15) is 32.3 Å². The molecule has 2 N–H and O–H groups in total. The number of aromatic nitrogens is 3. The average molecular weight is 318 g/mol. The molecule has 0 spiro atoms. The third kappa shape index (κ3) is 4.04. The molecular weight excluding hydrogens is 296 g/mol. The van der Waals surface area contributed by atoms with Gasteiger partial charge in [0.1, 0.15) is 6.54 Å². The Bertz CT molecular complexity index is 704. The zero-order valence-electron chi connectivity index (χ0n) is 13.2. The molecule has 0 aliphatic carbocycles. The van der Waals surface area contributed by atoms with Crippen molar-refractivity contribution in [3.8, 4) is 11.4 Å². The molecule has 1 heterocycles. The molecule has 0 aliphatic rings. The second-order valence-electron chi connectivity index (χ2n) is 5.57. The largest absolute Gasteiger partial charge is 0.352 e. The van der Waals surface area contributed by atoms with E-state index in [1.807, 2.05) is 38.1 Å². The summed E-state index contributed by atoms with van der Waals surface area (Å²) in [6.07, 6.45) is 2.01. The van der Waals surface area contributed by atoms with Crippen LogP contribution in [0.5, 0.6) is 0 Å². The van der Waals surface area contributed by atoms with Gasteiger partial charge in [0, 0.05) is 11.6 Å². The zero-order chi connectivity index (χ0) is 16.1. The summed E-state index contributed by atoms with van der Waals surface area (Å²) in [6, 6.07) is 8.15. The fraction of sp³-hybridized carbons (Fsp3) is 0.438. The summed E-state index contributed by atoms with van der Waals surface area (Å²) in [6.45, 7) is 6.31. The van der Waals surface area contributed by atoms with Gasteiger partial charge in [0.2, 0.25) is 5.91 Å². The summed E-state index contributed by atoms with van der Waals surface area (Å²) in [4.78, 5) is 12.2. The summed E-state index contributed by atoms with van der Waals surface area (Å²) in [5, 5.41) is 10.0. The first-order valence-corrected chi connectivity index (χ1v) is 7.93. The lowest BCUT2D eigenvalue weighted by atomic mass is 10.1. The van der Waals surface area contributed by atoms with Gasteiger partial charge in [-0.25, -0.2) is 0 Å². The second kappa shape index (κ2) is 7.35. The van der Waals surface area contributed by atoms with Crippen molar-refractivity contribution < 1.29 is 4.79 Å². The number of carbonyl (C=O) groups is 1. The first-order chi connectivity index (χ1) is 10.5. The van der Waals surface area contributed by atoms with Gasteiger partial charge in [-0.3, -0.25) is 14.5 Å². The molecular formula is C16H22N4OS. The van der Waals surface area contributed by atoms with Crippen molar-refractivity contribution in [3.63, 3.8) is 0 Å². The van der Waals surface area contributed by atoms with E-state index in [0.717, 1.165) is 24.0 Å². The van der Waals surface area contributed by atoms with Crippen LogP contribution >= 0.6 is 12.2 Å². The van der Waals surface area contributed by atoms with Crippen molar-refractivity contribution in [3.05, 3.63) is 34.6 Å². The molecule has 1 aromatic heterocycles. The third-order valence-corrected chi connectivity index (χ3v) is 3.78. The minimum atomic E-state index is -0.0487. The standard InChI is InChI=1S/C16H22N4OS/c1-4-6-12(3)17-14(21)10-20-15(18-19-16(20)22)13-8-5-7-11(2)9-13/h5,7-9,12H,4,6,10H2,1-3H3,(H,17,21)(H,19,22)/t12-/m0/s1. The van der Waals surface area contributed by atoms with Crippen LogP contribution in [0.4, 0.5) is 0 Å². The highest BCUT2D eigenvalue weighted by molar-refractivity contribution is 7.71. The minimum absolute atomic E-state index is 0.0487. The number of amides is 1. The average Bonchev–Trinajstić information content (AvgIpc) is 2.80. The van der Waals surface area contributed by atoms with Crippen molar-refractivity contribution in [1.82, 2.24) is 20.1 Å². The predicted molar refractivity (Wildman–Crippen MR) is 90.1 cm³/mol. The van der Waals surface area contributed by atoms with E-state index in [-0.39, 0.29) is 18.5 Å². The molecule has 2 aromatic rings. The smallest absolute Gasteiger partial charge is 0.240 e. The fourth-order valence-electron chi connectivity index (χ4n) is 2.44. The molecule has 1 aromatic carbocycles. The van der Waals surface area contributed by atoms with Crippen molar-refractivity contribution in [2.24, 2.45) is 0 Å². The third-order valence-electron chi connectivity index (χ3n) is 3.47. The quantitative estimate of drug-likeness (QED) is 0.804. The van der Waals surface area contributed by atoms with E-state index >= 15 is 0 Å². The molecule has 0 fully saturated rings. The van der Waals surface area contributed by atoms with E-state index in [4.69, 9.17) is 12.2 Å². The highest BCUT2D eigenvalue weighted by Crippen LogP contribution is 2.18. The Morgan fingerprint density at radius 3 is 2.95 bits per heavy atom. The maximum absolute atomic E-state index is 12.2. The number of hydrogen-bond donors (Lipinski definition) is 2. The maximum Gasteiger partial charge on any atom is 0.240 e. The Labute approximate surface area is 135 Å². The number of aromatic amines is 1. The van der Waals surface area contributed by atoms with Crippen molar-refractivity contribution >= 4 is 18.1 Å². The van der Waals surface area contributed by atoms with Gasteiger partial charge in [-0.15, -0.1) is 0 Å². The van der Waals surface area contributed by atoms with Gasteiger partial charge in [0.25, 0.3) is 0 Å². The Balaban J connectivity index is 2.20. The number of benzene rings is 1. The molecule has 0 bridgehead atoms. The Morgan fingerprint density at radius 2 is 2.27 bits per heavy atom. The van der Waals surface area contributed by atoms with Crippen LogP contribution in [-0.2, 0) is 11.3 Å². The van der Waals surface area contributed by atoms with Crippen LogP contribution in [-0.4, -0.2) is 26.7 Å². The fourth-order valence-corrected chi connectivity index (χ4v) is 2.63. The van der Waals surface area contributed by atoms with Crippen LogP contribution in [0.25, 0.3) is 11.4 Å². The number of nitrogens with zero attached hydrogens (tertiary/aromatic N) is 2. The van der Waals surface area contributed by atoms with Crippen LogP contribution < -0.4 is 5.32 Å². The van der Waals surface area contributed by atoms with E-state index in [2.05, 4.69) is 22.4 Å². The van der Waals surface area contributed by atoms with E-state index in [0.29, 0.717) is 10.6 Å². The summed E-state index contributed by atoms with van der Waals surface area (Å²) >= 11 is 5.25. The Morgan fingerprint density at radius 1 is 1.50 bits per heavy atom. The lowest BCUT2D eigenvalue weighted by molar-refractivity contribution is -0.122. The molecule has 118 valence electrons. The molecule has 0 aliphatic heterocycles. The number of nitrogens with one attached hydrogen (secondary N) is 2. The van der Waals surface area contributed by atoms with Crippen molar-refractivity contribution in [2.75, 3.05) is 0 Å². The predicted octanol–water partition coefficient (Wildman–Crippen LogP) is 3.22. The molecule has 0 unspecified atom stereocenters. The highest BCUT2D eigenvalue weighted by atomic mass is 32.1. The summed E-state index contributed by atoms with van der Waals surface area (Å²) in [5.41, 5.74) is 2.08. The van der Waals surface area contributed by atoms with Gasteiger partial charge in [-0.2, -0.15) is 5.10 Å². The minimum Gasteiger partial charge on any atom is -0.352 e. The number of H-pyrrole nitrogens is 1. The molecule has 1 atom stereocenters. The van der Waals surface area contributed by atoms with E-state index in [9.17, 15) is 4.79 Å². The lowest BCUT2D eigenvalue weighted by Gasteiger charge is -2.13. The monoisotopic (exact) mass is 318 g/mol. The van der Waals surface area contributed by atoms with Gasteiger partial charge in [0.05, 0.1) is 0 Å². The summed E-state index contributed by atoms with van der Waals surface area (Å²) in [5.74, 6) is 0.638. The molecule has 5 nitrogen and oxygen atoms in total. The molecule has 0 saturated carbocycles. The van der Waals surface area contributed by atoms with Gasteiger partial charge in [-0.1, -0.05) is 37.1 Å². The van der Waals surface area contributed by atoms with Gasteiger partial charge < -0.3 is 5.32 Å². The molecule has 6 heteroatoms. The van der Waals surface area contributed by atoms with Gasteiger partial charge in [0.15, 0.2) is 10.6 Å². The highest BCUT2D eigenvalue weighted by Gasteiger charge is 2.13. The number of rotatable bonds is 6. The lowest BCUT2D eigenvalue weighted by Crippen LogP contribution is -2.35. The molecule has 0 radical (unpaired) electrons. The summed E-state index contributed by atoms with van der Waals surface area (Å²) in [7, 11) is 0. The van der Waals surface area contributed by atoms with Crippen molar-refractivity contribution in [2.45, 2.75) is 46.2 Å². The van der Waals surface area contributed by atoms with Crippen LogP contribution in [0, 0.1) is 11.7 Å². The normalized spacial score (nSPS) is 12.1. The Kier molecular flexibility index (Phi) is 5.49. The zero-order valence-corrected chi connectivity index (χ0v) is 14.0. The van der Waals surface area contributed by atoms with Crippen LogP contribution in [0.15, 0.2) is 24.3 Å². The van der Waals surface area contributed by atoms with Gasteiger partial charge in [-0.05, 0) is 38.6 Å².